The van der Waals surface area contributed by atoms with Crippen LogP contribution in [0.2, 0.25) is 5.02 Å². The topological polar surface area (TPSA) is 83.1 Å². The van der Waals surface area contributed by atoms with Crippen LogP contribution in [0.3, 0.4) is 0 Å². The van der Waals surface area contributed by atoms with Crippen molar-refractivity contribution in [1.82, 2.24) is 15.2 Å². The Morgan fingerprint density at radius 1 is 1.33 bits per heavy atom. The first-order valence-electron chi connectivity index (χ1n) is 10.5. The molecular weight excluding hydrogens is 472 g/mol. The van der Waals surface area contributed by atoms with Gasteiger partial charge >= 0.3 is 0 Å². The molecule has 33 heavy (non-hydrogen) atoms. The standard InChI is InChI=1S/C22H18ClF2N5O2S/c23-17-16(12-9-26-29-19(12)20(18(17)25)30-3-5-32-6-4-30)10-1-2-14-15(7-10)33-22(27-14)28-21(31)11-8-13(11)24/h1-2,7,9,11,13H,3-6,8H2,(H,26,29)(H,27,28,31)/t11-,13+/m1/s1. The number of thiazole rings is 1. The smallest absolute Gasteiger partial charge is 0.232 e. The van der Waals surface area contributed by atoms with Crippen LogP contribution >= 0.6 is 22.9 Å². The number of alkyl halides is 1. The highest BCUT2D eigenvalue weighted by molar-refractivity contribution is 7.22. The van der Waals surface area contributed by atoms with Crippen LogP contribution in [0.15, 0.2) is 24.4 Å². The van der Waals surface area contributed by atoms with E-state index in [0.29, 0.717) is 64.7 Å². The van der Waals surface area contributed by atoms with Gasteiger partial charge < -0.3 is 15.0 Å². The number of anilines is 2. The molecule has 2 N–H and O–H groups in total. The van der Waals surface area contributed by atoms with Gasteiger partial charge in [0.15, 0.2) is 10.9 Å². The molecule has 2 aliphatic rings. The van der Waals surface area contributed by atoms with Crippen molar-refractivity contribution in [2.45, 2.75) is 12.6 Å². The number of aromatic amines is 1. The summed E-state index contributed by atoms with van der Waals surface area (Å²) >= 11 is 7.87. The molecule has 2 aromatic carbocycles. The van der Waals surface area contributed by atoms with Crippen molar-refractivity contribution in [2.24, 2.45) is 5.92 Å². The number of hydrogen-bond donors (Lipinski definition) is 2. The van der Waals surface area contributed by atoms with Gasteiger partial charge in [-0.3, -0.25) is 9.89 Å². The van der Waals surface area contributed by atoms with Crippen molar-refractivity contribution in [3.8, 4) is 11.1 Å². The molecule has 2 aromatic heterocycles. The van der Waals surface area contributed by atoms with E-state index >= 15 is 4.39 Å². The molecule has 11 heteroatoms. The number of carbonyl (C=O) groups excluding carboxylic acids is 1. The second kappa shape index (κ2) is 7.89. The fourth-order valence-electron chi connectivity index (χ4n) is 4.23. The first-order chi connectivity index (χ1) is 16.0. The Balaban J connectivity index is 1.41. The summed E-state index contributed by atoms with van der Waals surface area (Å²) in [6.45, 7) is 2.16. The monoisotopic (exact) mass is 489 g/mol. The number of hydrogen-bond acceptors (Lipinski definition) is 6. The molecule has 2 fully saturated rings. The number of fused-ring (bicyclic) bond motifs is 2. The van der Waals surface area contributed by atoms with Gasteiger partial charge in [-0.05, 0) is 24.1 Å². The number of aromatic nitrogens is 3. The summed E-state index contributed by atoms with van der Waals surface area (Å²) < 4.78 is 34.9. The van der Waals surface area contributed by atoms with E-state index in [2.05, 4.69) is 20.5 Å². The molecule has 3 heterocycles. The lowest BCUT2D eigenvalue weighted by molar-refractivity contribution is -0.117. The largest absolute Gasteiger partial charge is 0.378 e. The summed E-state index contributed by atoms with van der Waals surface area (Å²) in [5.74, 6) is -1.45. The number of carbonyl (C=O) groups is 1. The summed E-state index contributed by atoms with van der Waals surface area (Å²) in [4.78, 5) is 18.4. The van der Waals surface area contributed by atoms with E-state index in [1.165, 1.54) is 11.3 Å². The molecule has 0 spiro atoms. The lowest BCUT2D eigenvalue weighted by atomic mass is 10.00. The number of ether oxygens (including phenoxy) is 1. The third kappa shape index (κ3) is 3.53. The fraction of sp³-hybridized carbons (Fsp3) is 0.318. The molecule has 0 radical (unpaired) electrons. The Morgan fingerprint density at radius 2 is 2.12 bits per heavy atom. The van der Waals surface area contributed by atoms with Crippen LogP contribution < -0.4 is 10.2 Å². The van der Waals surface area contributed by atoms with Crippen LogP contribution in [-0.2, 0) is 9.53 Å². The SMILES string of the molecule is O=C(Nc1nc2ccc(-c3c(Cl)c(F)c(N4CCOCC4)c4[nH]ncc34)cc2s1)[C@@H]1C[C@@H]1F. The van der Waals surface area contributed by atoms with Gasteiger partial charge in [-0.1, -0.05) is 29.0 Å². The van der Waals surface area contributed by atoms with Gasteiger partial charge in [-0.15, -0.1) is 0 Å². The molecule has 1 aliphatic heterocycles. The van der Waals surface area contributed by atoms with Crippen LogP contribution in [0.1, 0.15) is 6.42 Å². The van der Waals surface area contributed by atoms with Gasteiger partial charge in [0.05, 0.1) is 46.1 Å². The van der Waals surface area contributed by atoms with E-state index in [4.69, 9.17) is 16.3 Å². The summed E-state index contributed by atoms with van der Waals surface area (Å²) in [5, 5.41) is 10.9. The lowest BCUT2D eigenvalue weighted by Crippen LogP contribution is -2.37. The number of nitrogens with zero attached hydrogens (tertiary/aromatic N) is 3. The predicted molar refractivity (Wildman–Crippen MR) is 124 cm³/mol. The average molecular weight is 490 g/mol. The zero-order valence-electron chi connectivity index (χ0n) is 17.2. The van der Waals surface area contributed by atoms with Crippen LogP contribution in [0.25, 0.3) is 32.2 Å². The highest BCUT2D eigenvalue weighted by Gasteiger charge is 2.43. The van der Waals surface area contributed by atoms with Crippen molar-refractivity contribution >= 4 is 60.8 Å². The highest BCUT2D eigenvalue weighted by Crippen LogP contribution is 2.44. The zero-order chi connectivity index (χ0) is 22.7. The molecule has 4 aromatic rings. The van der Waals surface area contributed by atoms with E-state index in [1.807, 2.05) is 17.0 Å². The zero-order valence-corrected chi connectivity index (χ0v) is 18.8. The second-order valence-corrected chi connectivity index (χ2v) is 9.57. The quantitative estimate of drug-likeness (QED) is 0.431. The molecule has 1 aliphatic carbocycles. The van der Waals surface area contributed by atoms with E-state index < -0.39 is 17.9 Å². The number of halogens is 3. The number of morpholine rings is 1. The molecule has 6 rings (SSSR count). The number of H-pyrrole nitrogens is 1. The molecular formula is C22H18ClF2N5O2S. The Labute approximate surface area is 195 Å². The molecule has 2 atom stereocenters. The first-order valence-corrected chi connectivity index (χ1v) is 11.7. The highest BCUT2D eigenvalue weighted by atomic mass is 35.5. The van der Waals surface area contributed by atoms with Gasteiger partial charge in [-0.25, -0.2) is 13.8 Å². The minimum absolute atomic E-state index is 0.0190. The lowest BCUT2D eigenvalue weighted by Gasteiger charge is -2.30. The van der Waals surface area contributed by atoms with Crippen molar-refractivity contribution < 1.29 is 18.3 Å². The molecule has 0 unspecified atom stereocenters. The molecule has 1 saturated heterocycles. The van der Waals surface area contributed by atoms with E-state index in [1.54, 1.807) is 12.3 Å². The van der Waals surface area contributed by atoms with Gasteiger partial charge in [0.25, 0.3) is 0 Å². The van der Waals surface area contributed by atoms with Gasteiger partial charge in [0.2, 0.25) is 5.91 Å². The van der Waals surface area contributed by atoms with Crippen LogP contribution in [-0.4, -0.2) is 53.6 Å². The van der Waals surface area contributed by atoms with Crippen molar-refractivity contribution in [3.05, 3.63) is 35.2 Å². The number of amides is 1. The maximum absolute atomic E-state index is 15.6. The summed E-state index contributed by atoms with van der Waals surface area (Å²) in [7, 11) is 0. The molecule has 1 amide bonds. The molecule has 1 saturated carbocycles. The van der Waals surface area contributed by atoms with Crippen LogP contribution in [0, 0.1) is 11.7 Å². The average Bonchev–Trinajstić information content (AvgIpc) is 3.18. The minimum Gasteiger partial charge on any atom is -0.378 e. The van der Waals surface area contributed by atoms with Crippen LogP contribution in [0.4, 0.5) is 19.6 Å². The van der Waals surface area contributed by atoms with Gasteiger partial charge in [-0.2, -0.15) is 5.10 Å². The Hall–Kier alpha value is -2.82. The summed E-state index contributed by atoms with van der Waals surface area (Å²) in [6, 6.07) is 5.47. The van der Waals surface area contributed by atoms with E-state index in [9.17, 15) is 9.18 Å². The Kier molecular flexibility index (Phi) is 4.97. The van der Waals surface area contributed by atoms with Crippen molar-refractivity contribution in [1.29, 1.82) is 0 Å². The summed E-state index contributed by atoms with van der Waals surface area (Å²) in [5.41, 5.74) is 2.90. The second-order valence-electron chi connectivity index (χ2n) is 8.16. The predicted octanol–water partition coefficient (Wildman–Crippen LogP) is 4.77. The number of nitrogens with one attached hydrogen (secondary N) is 2. The first kappa shape index (κ1) is 20.8. The maximum atomic E-state index is 15.6. The third-order valence-electron chi connectivity index (χ3n) is 6.05. The van der Waals surface area contributed by atoms with E-state index in [-0.39, 0.29) is 17.4 Å². The van der Waals surface area contributed by atoms with Crippen molar-refractivity contribution in [3.63, 3.8) is 0 Å². The molecule has 7 nitrogen and oxygen atoms in total. The number of rotatable bonds is 4. The Morgan fingerprint density at radius 3 is 2.88 bits per heavy atom. The maximum Gasteiger partial charge on any atom is 0.232 e. The van der Waals surface area contributed by atoms with Gasteiger partial charge in [0, 0.05) is 24.0 Å². The van der Waals surface area contributed by atoms with Crippen molar-refractivity contribution in [2.75, 3.05) is 36.5 Å². The molecule has 170 valence electrons. The minimum atomic E-state index is -1.07. The van der Waals surface area contributed by atoms with E-state index in [0.717, 1.165) is 4.70 Å². The Bertz CT molecular complexity index is 1400. The molecule has 0 bridgehead atoms. The fourth-order valence-corrected chi connectivity index (χ4v) is 5.44. The summed E-state index contributed by atoms with van der Waals surface area (Å²) in [6.07, 6.45) is 0.832. The third-order valence-corrected chi connectivity index (χ3v) is 7.34. The normalized spacial score (nSPS) is 20.5. The van der Waals surface area contributed by atoms with Crippen LogP contribution in [0.5, 0.6) is 0 Å². The van der Waals surface area contributed by atoms with Gasteiger partial charge in [0.1, 0.15) is 11.9 Å². The number of benzene rings is 2.